The SMILES string of the molecule is Cn1cc(C(=O)N2CC3CCCC(N)C3C2)cn1. The first kappa shape index (κ1) is 11.7. The van der Waals surface area contributed by atoms with Gasteiger partial charge in [-0.15, -0.1) is 0 Å². The van der Waals surface area contributed by atoms with Crippen molar-refractivity contribution in [3.63, 3.8) is 0 Å². The Morgan fingerprint density at radius 2 is 2.28 bits per heavy atom. The minimum Gasteiger partial charge on any atom is -0.338 e. The molecule has 0 spiro atoms. The Bertz CT molecular complexity index is 456. The third-order valence-electron chi connectivity index (χ3n) is 4.39. The van der Waals surface area contributed by atoms with E-state index in [4.69, 9.17) is 5.73 Å². The molecule has 18 heavy (non-hydrogen) atoms. The normalized spacial score (nSPS) is 31.4. The molecule has 3 atom stereocenters. The van der Waals surface area contributed by atoms with E-state index in [1.165, 1.54) is 12.8 Å². The Morgan fingerprint density at radius 1 is 1.44 bits per heavy atom. The molecule has 1 aliphatic heterocycles. The van der Waals surface area contributed by atoms with Crippen LogP contribution in [-0.2, 0) is 7.05 Å². The number of aryl methyl sites for hydroxylation is 1. The second kappa shape index (κ2) is 4.39. The topological polar surface area (TPSA) is 64.2 Å². The van der Waals surface area contributed by atoms with Crippen LogP contribution >= 0.6 is 0 Å². The van der Waals surface area contributed by atoms with Crippen LogP contribution < -0.4 is 5.73 Å². The lowest BCUT2D eigenvalue weighted by atomic mass is 9.78. The average Bonchev–Trinajstić information content (AvgIpc) is 2.95. The van der Waals surface area contributed by atoms with Gasteiger partial charge in [0.05, 0.1) is 11.8 Å². The zero-order valence-corrected chi connectivity index (χ0v) is 10.7. The monoisotopic (exact) mass is 248 g/mol. The standard InChI is InChI=1S/C13H20N4O/c1-16-6-10(5-15-16)13(18)17-7-9-3-2-4-12(14)11(9)8-17/h5-6,9,11-12H,2-4,7-8,14H2,1H3. The summed E-state index contributed by atoms with van der Waals surface area (Å²) in [5.41, 5.74) is 6.86. The van der Waals surface area contributed by atoms with Crippen LogP contribution in [0.1, 0.15) is 29.6 Å². The highest BCUT2D eigenvalue weighted by Crippen LogP contribution is 2.35. The number of likely N-dealkylation sites (tertiary alicyclic amines) is 1. The summed E-state index contributed by atoms with van der Waals surface area (Å²) in [5.74, 6) is 1.21. The molecule has 2 N–H and O–H groups in total. The predicted octanol–water partition coefficient (Wildman–Crippen LogP) is 0.620. The molecule has 3 unspecified atom stereocenters. The van der Waals surface area contributed by atoms with Crippen LogP contribution in [0.4, 0.5) is 0 Å². The Kier molecular flexibility index (Phi) is 2.86. The molecule has 98 valence electrons. The number of carbonyl (C=O) groups is 1. The van der Waals surface area contributed by atoms with Crippen molar-refractivity contribution in [2.75, 3.05) is 13.1 Å². The number of nitrogens with zero attached hydrogens (tertiary/aromatic N) is 3. The zero-order chi connectivity index (χ0) is 12.7. The first-order valence-corrected chi connectivity index (χ1v) is 6.68. The van der Waals surface area contributed by atoms with E-state index in [1.54, 1.807) is 17.1 Å². The Hall–Kier alpha value is -1.36. The van der Waals surface area contributed by atoms with E-state index in [0.29, 0.717) is 17.4 Å². The lowest BCUT2D eigenvalue weighted by molar-refractivity contribution is 0.0783. The van der Waals surface area contributed by atoms with Gasteiger partial charge in [0, 0.05) is 32.4 Å². The van der Waals surface area contributed by atoms with Gasteiger partial charge in [0.25, 0.3) is 5.91 Å². The third kappa shape index (κ3) is 1.92. The van der Waals surface area contributed by atoms with Gasteiger partial charge in [-0.2, -0.15) is 5.10 Å². The van der Waals surface area contributed by atoms with Crippen LogP contribution in [0.2, 0.25) is 0 Å². The molecule has 0 radical (unpaired) electrons. The lowest BCUT2D eigenvalue weighted by Gasteiger charge is -2.29. The summed E-state index contributed by atoms with van der Waals surface area (Å²) in [6.45, 7) is 1.69. The van der Waals surface area contributed by atoms with Crippen LogP contribution in [0.15, 0.2) is 12.4 Å². The van der Waals surface area contributed by atoms with Crippen molar-refractivity contribution in [3.8, 4) is 0 Å². The number of aromatic nitrogens is 2. The summed E-state index contributed by atoms with van der Waals surface area (Å²) in [6, 6.07) is 0.274. The molecule has 2 aliphatic rings. The van der Waals surface area contributed by atoms with Gasteiger partial charge in [-0.3, -0.25) is 9.48 Å². The van der Waals surface area contributed by atoms with Gasteiger partial charge in [-0.05, 0) is 24.7 Å². The van der Waals surface area contributed by atoms with Gasteiger partial charge in [-0.1, -0.05) is 6.42 Å². The van der Waals surface area contributed by atoms with E-state index < -0.39 is 0 Å². The van der Waals surface area contributed by atoms with E-state index >= 15 is 0 Å². The van der Waals surface area contributed by atoms with E-state index in [9.17, 15) is 4.79 Å². The molecule has 1 aromatic heterocycles. The summed E-state index contributed by atoms with van der Waals surface area (Å²) < 4.78 is 1.67. The molecule has 0 aromatic carbocycles. The van der Waals surface area contributed by atoms with Crippen molar-refractivity contribution in [1.29, 1.82) is 0 Å². The second-order valence-electron chi connectivity index (χ2n) is 5.63. The Morgan fingerprint density at radius 3 is 2.94 bits per heavy atom. The molecule has 5 heteroatoms. The highest BCUT2D eigenvalue weighted by molar-refractivity contribution is 5.93. The fraction of sp³-hybridized carbons (Fsp3) is 0.692. The van der Waals surface area contributed by atoms with Crippen molar-refractivity contribution in [1.82, 2.24) is 14.7 Å². The van der Waals surface area contributed by atoms with Crippen LogP contribution in [0.25, 0.3) is 0 Å². The summed E-state index contributed by atoms with van der Waals surface area (Å²) in [7, 11) is 1.83. The first-order chi connectivity index (χ1) is 8.65. The van der Waals surface area contributed by atoms with Crippen molar-refractivity contribution in [2.45, 2.75) is 25.3 Å². The fourth-order valence-corrected chi connectivity index (χ4v) is 3.40. The van der Waals surface area contributed by atoms with E-state index in [2.05, 4.69) is 5.10 Å². The molecule has 3 rings (SSSR count). The molecule has 1 aromatic rings. The maximum atomic E-state index is 12.3. The number of rotatable bonds is 1. The molecule has 1 saturated carbocycles. The number of fused-ring (bicyclic) bond motifs is 1. The van der Waals surface area contributed by atoms with Gasteiger partial charge < -0.3 is 10.6 Å². The average molecular weight is 248 g/mol. The molecule has 0 bridgehead atoms. The quantitative estimate of drug-likeness (QED) is 0.792. The molecule has 2 heterocycles. The van der Waals surface area contributed by atoms with Crippen LogP contribution in [-0.4, -0.2) is 39.7 Å². The van der Waals surface area contributed by atoms with Gasteiger partial charge in [0.1, 0.15) is 0 Å². The van der Waals surface area contributed by atoms with Gasteiger partial charge >= 0.3 is 0 Å². The molecular weight excluding hydrogens is 228 g/mol. The summed E-state index contributed by atoms with van der Waals surface area (Å²) in [5, 5.41) is 4.06. The predicted molar refractivity (Wildman–Crippen MR) is 67.9 cm³/mol. The van der Waals surface area contributed by atoms with Crippen molar-refractivity contribution >= 4 is 5.91 Å². The smallest absolute Gasteiger partial charge is 0.257 e. The minimum atomic E-state index is 0.102. The van der Waals surface area contributed by atoms with Gasteiger partial charge in [0.2, 0.25) is 0 Å². The Labute approximate surface area is 107 Å². The van der Waals surface area contributed by atoms with Gasteiger partial charge in [0.15, 0.2) is 0 Å². The minimum absolute atomic E-state index is 0.102. The summed E-state index contributed by atoms with van der Waals surface area (Å²) in [6.07, 6.45) is 6.96. The largest absolute Gasteiger partial charge is 0.338 e. The molecule has 1 aliphatic carbocycles. The molecular formula is C13H20N4O. The summed E-state index contributed by atoms with van der Waals surface area (Å²) in [4.78, 5) is 14.3. The first-order valence-electron chi connectivity index (χ1n) is 6.68. The number of carbonyl (C=O) groups excluding carboxylic acids is 1. The van der Waals surface area contributed by atoms with Crippen LogP contribution in [0, 0.1) is 11.8 Å². The fourth-order valence-electron chi connectivity index (χ4n) is 3.40. The van der Waals surface area contributed by atoms with Gasteiger partial charge in [-0.25, -0.2) is 0 Å². The highest BCUT2D eigenvalue weighted by Gasteiger charge is 2.40. The lowest BCUT2D eigenvalue weighted by Crippen LogP contribution is -2.38. The molecule has 2 fully saturated rings. The number of hydrogen-bond donors (Lipinski definition) is 1. The number of amides is 1. The molecule has 1 saturated heterocycles. The number of hydrogen-bond acceptors (Lipinski definition) is 3. The molecule has 1 amide bonds. The Balaban J connectivity index is 1.73. The van der Waals surface area contributed by atoms with E-state index in [0.717, 1.165) is 19.5 Å². The number of nitrogens with two attached hydrogens (primary N) is 1. The van der Waals surface area contributed by atoms with Crippen molar-refractivity contribution in [3.05, 3.63) is 18.0 Å². The highest BCUT2D eigenvalue weighted by atomic mass is 16.2. The zero-order valence-electron chi connectivity index (χ0n) is 10.7. The van der Waals surface area contributed by atoms with E-state index in [1.807, 2.05) is 11.9 Å². The van der Waals surface area contributed by atoms with E-state index in [-0.39, 0.29) is 11.9 Å². The van der Waals surface area contributed by atoms with Crippen LogP contribution in [0.3, 0.4) is 0 Å². The van der Waals surface area contributed by atoms with Crippen molar-refractivity contribution < 1.29 is 4.79 Å². The molecule has 5 nitrogen and oxygen atoms in total. The maximum Gasteiger partial charge on any atom is 0.257 e. The van der Waals surface area contributed by atoms with Crippen LogP contribution in [0.5, 0.6) is 0 Å². The summed E-state index contributed by atoms with van der Waals surface area (Å²) >= 11 is 0. The second-order valence-corrected chi connectivity index (χ2v) is 5.63. The third-order valence-corrected chi connectivity index (χ3v) is 4.39. The maximum absolute atomic E-state index is 12.3. The van der Waals surface area contributed by atoms with Crippen molar-refractivity contribution in [2.24, 2.45) is 24.6 Å².